The smallest absolute Gasteiger partial charge is 0.323 e. The number of pyridine rings is 1. The number of hydrogen-bond donors (Lipinski definition) is 3. The Bertz CT molecular complexity index is 1790. The van der Waals surface area contributed by atoms with Crippen molar-refractivity contribution in [3.8, 4) is 22.6 Å². The number of anilines is 4. The van der Waals surface area contributed by atoms with Crippen LogP contribution in [-0.2, 0) is 9.53 Å². The molecule has 0 bridgehead atoms. The van der Waals surface area contributed by atoms with E-state index >= 15 is 4.39 Å². The number of urea groups is 1. The van der Waals surface area contributed by atoms with E-state index in [1.165, 1.54) is 19.1 Å². The van der Waals surface area contributed by atoms with Crippen LogP contribution in [-0.4, -0.2) is 53.2 Å². The number of carbonyl (C=O) groups is 2. The zero-order valence-corrected chi connectivity index (χ0v) is 23.3. The van der Waals surface area contributed by atoms with Gasteiger partial charge in [-0.05, 0) is 66.7 Å². The molecular weight excluding hydrogens is 549 g/mol. The molecule has 0 unspecified atom stereocenters. The highest BCUT2D eigenvalue weighted by Crippen LogP contribution is 2.32. The molecule has 0 atom stereocenters. The molecule has 0 radical (unpaired) electrons. The van der Waals surface area contributed by atoms with Crippen LogP contribution in [0.5, 0.6) is 0 Å². The van der Waals surface area contributed by atoms with Gasteiger partial charge in [0.15, 0.2) is 5.82 Å². The lowest BCUT2D eigenvalue weighted by atomic mass is 10.1. The van der Waals surface area contributed by atoms with Crippen molar-refractivity contribution < 1.29 is 18.7 Å². The Morgan fingerprint density at radius 3 is 2.28 bits per heavy atom. The molecule has 0 saturated carbocycles. The van der Waals surface area contributed by atoms with Crippen molar-refractivity contribution in [3.63, 3.8) is 0 Å². The van der Waals surface area contributed by atoms with Crippen molar-refractivity contribution in [1.29, 1.82) is 0 Å². The molecule has 0 aliphatic carbocycles. The van der Waals surface area contributed by atoms with Crippen molar-refractivity contribution >= 4 is 45.7 Å². The summed E-state index contributed by atoms with van der Waals surface area (Å²) in [5.74, 6) is 0.286. The van der Waals surface area contributed by atoms with E-state index in [-0.39, 0.29) is 11.6 Å². The molecule has 216 valence electrons. The van der Waals surface area contributed by atoms with Gasteiger partial charge in [0.2, 0.25) is 5.91 Å². The Hall–Kier alpha value is -5.42. The van der Waals surface area contributed by atoms with E-state index in [2.05, 4.69) is 25.8 Å². The van der Waals surface area contributed by atoms with E-state index < -0.39 is 11.8 Å². The summed E-state index contributed by atoms with van der Waals surface area (Å²) in [4.78, 5) is 40.0. The highest BCUT2D eigenvalue weighted by molar-refractivity contribution is 6.00. The summed E-state index contributed by atoms with van der Waals surface area (Å²) in [6, 6.07) is 22.1. The Balaban J connectivity index is 1.27. The number of rotatable bonds is 6. The van der Waals surface area contributed by atoms with E-state index in [4.69, 9.17) is 14.7 Å². The quantitative estimate of drug-likeness (QED) is 0.228. The van der Waals surface area contributed by atoms with Gasteiger partial charge in [0, 0.05) is 54.1 Å². The molecule has 3 aromatic carbocycles. The Morgan fingerprint density at radius 1 is 0.837 bits per heavy atom. The first-order chi connectivity index (χ1) is 20.9. The number of hydrogen-bond acceptors (Lipinski definition) is 7. The van der Waals surface area contributed by atoms with Gasteiger partial charge in [-0.1, -0.05) is 12.1 Å². The third-order valence-corrected chi connectivity index (χ3v) is 6.89. The molecule has 1 fully saturated rings. The monoisotopic (exact) mass is 577 g/mol. The number of aromatic nitrogens is 3. The van der Waals surface area contributed by atoms with Crippen molar-refractivity contribution in [2.75, 3.05) is 47.2 Å². The summed E-state index contributed by atoms with van der Waals surface area (Å²) in [5.41, 5.74) is 3.99. The van der Waals surface area contributed by atoms with Crippen LogP contribution in [0.25, 0.3) is 33.5 Å². The van der Waals surface area contributed by atoms with Gasteiger partial charge in [0.25, 0.3) is 0 Å². The van der Waals surface area contributed by atoms with Crippen LogP contribution < -0.4 is 20.9 Å². The van der Waals surface area contributed by atoms with Crippen LogP contribution in [0.1, 0.15) is 6.92 Å². The summed E-state index contributed by atoms with van der Waals surface area (Å²) >= 11 is 0. The molecule has 6 rings (SSSR count). The van der Waals surface area contributed by atoms with Crippen molar-refractivity contribution in [2.24, 2.45) is 0 Å². The molecule has 1 saturated heterocycles. The van der Waals surface area contributed by atoms with E-state index in [0.717, 1.165) is 22.5 Å². The zero-order chi connectivity index (χ0) is 29.8. The van der Waals surface area contributed by atoms with Crippen LogP contribution in [0, 0.1) is 5.82 Å². The molecule has 2 aromatic heterocycles. The fraction of sp³-hybridized carbons (Fsp3) is 0.156. The molecule has 3 N–H and O–H groups in total. The average Bonchev–Trinajstić information content (AvgIpc) is 3.03. The number of nitrogens with zero attached hydrogens (tertiary/aromatic N) is 4. The largest absolute Gasteiger partial charge is 0.378 e. The molecule has 43 heavy (non-hydrogen) atoms. The first-order valence-electron chi connectivity index (χ1n) is 13.7. The van der Waals surface area contributed by atoms with E-state index in [0.29, 0.717) is 54.6 Å². The summed E-state index contributed by atoms with van der Waals surface area (Å²) in [6.07, 6.45) is 1.74. The van der Waals surface area contributed by atoms with E-state index in [9.17, 15) is 9.59 Å². The van der Waals surface area contributed by atoms with Gasteiger partial charge >= 0.3 is 6.03 Å². The lowest BCUT2D eigenvalue weighted by Crippen LogP contribution is -2.37. The first kappa shape index (κ1) is 27.7. The maximum Gasteiger partial charge on any atom is 0.323 e. The second-order valence-electron chi connectivity index (χ2n) is 9.95. The van der Waals surface area contributed by atoms with Crippen LogP contribution >= 0.6 is 0 Å². The van der Waals surface area contributed by atoms with Gasteiger partial charge in [-0.25, -0.2) is 19.2 Å². The van der Waals surface area contributed by atoms with Gasteiger partial charge in [0.1, 0.15) is 11.6 Å². The summed E-state index contributed by atoms with van der Waals surface area (Å²) in [7, 11) is 0. The molecule has 1 aliphatic rings. The van der Waals surface area contributed by atoms with Crippen LogP contribution in [0.2, 0.25) is 0 Å². The second-order valence-corrected chi connectivity index (χ2v) is 9.95. The minimum Gasteiger partial charge on any atom is -0.378 e. The normalized spacial score (nSPS) is 13.0. The average molecular weight is 578 g/mol. The number of ether oxygens (including phenoxy) is 1. The Labute approximate surface area is 247 Å². The number of benzene rings is 3. The van der Waals surface area contributed by atoms with Gasteiger partial charge in [-0.2, -0.15) is 0 Å². The Kier molecular flexibility index (Phi) is 7.88. The minimum absolute atomic E-state index is 0.00254. The molecule has 10 nitrogen and oxygen atoms in total. The fourth-order valence-corrected chi connectivity index (χ4v) is 4.83. The minimum atomic E-state index is -0.632. The lowest BCUT2D eigenvalue weighted by Gasteiger charge is -2.29. The fourth-order valence-electron chi connectivity index (χ4n) is 4.83. The van der Waals surface area contributed by atoms with Gasteiger partial charge < -0.3 is 25.6 Å². The van der Waals surface area contributed by atoms with Gasteiger partial charge in [-0.3, -0.25) is 9.78 Å². The number of halogens is 1. The number of fused-ring (bicyclic) bond motifs is 1. The summed E-state index contributed by atoms with van der Waals surface area (Å²) in [5, 5.41) is 8.73. The molecule has 1 aliphatic heterocycles. The maximum atomic E-state index is 15.3. The van der Waals surface area contributed by atoms with E-state index in [1.807, 2.05) is 36.4 Å². The van der Waals surface area contributed by atoms with E-state index in [1.54, 1.807) is 36.5 Å². The van der Waals surface area contributed by atoms with Crippen molar-refractivity contribution in [3.05, 3.63) is 90.9 Å². The number of morpholine rings is 1. The first-order valence-corrected chi connectivity index (χ1v) is 13.7. The van der Waals surface area contributed by atoms with Gasteiger partial charge in [0.05, 0.1) is 30.1 Å². The third kappa shape index (κ3) is 6.41. The van der Waals surface area contributed by atoms with Crippen LogP contribution in [0.3, 0.4) is 0 Å². The molecule has 11 heteroatoms. The maximum absolute atomic E-state index is 15.3. The third-order valence-electron chi connectivity index (χ3n) is 6.89. The topological polar surface area (TPSA) is 121 Å². The standard InChI is InChI=1S/C32H28FN7O3/c1-20(41)35-23-7-9-24(10-8-23)36-32(42)38-28-12-6-22(18-26(28)33)30-37-29-19-21(27-4-2-3-13-34-27)5-11-25(29)31(39-30)40-14-16-43-17-15-40/h2-13,18-19H,14-17H2,1H3,(H,35,41)(H2,36,38,42). The van der Waals surface area contributed by atoms with Gasteiger partial charge in [-0.15, -0.1) is 0 Å². The predicted molar refractivity (Wildman–Crippen MR) is 165 cm³/mol. The molecule has 5 aromatic rings. The molecule has 0 spiro atoms. The van der Waals surface area contributed by atoms with Crippen LogP contribution in [0.15, 0.2) is 85.1 Å². The lowest BCUT2D eigenvalue weighted by molar-refractivity contribution is -0.114. The summed E-state index contributed by atoms with van der Waals surface area (Å²) < 4.78 is 20.8. The van der Waals surface area contributed by atoms with Crippen molar-refractivity contribution in [2.45, 2.75) is 6.92 Å². The summed E-state index contributed by atoms with van der Waals surface area (Å²) in [6.45, 7) is 3.94. The highest BCUT2D eigenvalue weighted by atomic mass is 19.1. The Morgan fingerprint density at radius 2 is 1.58 bits per heavy atom. The van der Waals surface area contributed by atoms with Crippen LogP contribution in [0.4, 0.5) is 32.1 Å². The second kappa shape index (κ2) is 12.2. The molecule has 3 amide bonds. The highest BCUT2D eigenvalue weighted by Gasteiger charge is 2.19. The number of amides is 3. The SMILES string of the molecule is CC(=O)Nc1ccc(NC(=O)Nc2ccc(-c3nc(N4CCOCC4)c4ccc(-c5ccccn5)cc4n3)cc2F)cc1. The number of carbonyl (C=O) groups excluding carboxylic acids is 2. The predicted octanol–water partition coefficient (Wildman–Crippen LogP) is 5.94. The molecule has 3 heterocycles. The van der Waals surface area contributed by atoms with Crippen molar-refractivity contribution in [1.82, 2.24) is 15.0 Å². The molecular formula is C32H28FN7O3. The number of nitrogens with one attached hydrogen (secondary N) is 3. The zero-order valence-electron chi connectivity index (χ0n) is 23.3.